The summed E-state index contributed by atoms with van der Waals surface area (Å²) in [6.45, 7) is 2.30. The average Bonchev–Trinajstić information content (AvgIpc) is 2.98. The van der Waals surface area contributed by atoms with Crippen molar-refractivity contribution in [2.24, 2.45) is 0 Å². The lowest BCUT2D eigenvalue weighted by Gasteiger charge is -2.00. The molecule has 1 N–H and O–H groups in total. The molecule has 0 atom stereocenters. The average molecular weight is 388 g/mol. The van der Waals surface area contributed by atoms with E-state index in [2.05, 4.69) is 26.2 Å². The van der Waals surface area contributed by atoms with Crippen molar-refractivity contribution in [2.45, 2.75) is 13.5 Å². The van der Waals surface area contributed by atoms with Crippen LogP contribution in [0.4, 0.5) is 4.39 Å². The fraction of sp³-hybridized carbons (Fsp3) is 0.111. The molecule has 0 aliphatic carbocycles. The van der Waals surface area contributed by atoms with Gasteiger partial charge in [-0.05, 0) is 42.8 Å². The highest BCUT2D eigenvalue weighted by molar-refractivity contribution is 9.10. The summed E-state index contributed by atoms with van der Waals surface area (Å²) in [4.78, 5) is 16.4. The predicted molar refractivity (Wildman–Crippen MR) is 94.9 cm³/mol. The number of amides is 1. The zero-order valence-electron chi connectivity index (χ0n) is 13.0. The highest BCUT2D eigenvalue weighted by atomic mass is 79.9. The summed E-state index contributed by atoms with van der Waals surface area (Å²) in [6.07, 6.45) is 6.55. The minimum Gasteiger partial charge on any atom is -0.347 e. The van der Waals surface area contributed by atoms with E-state index in [1.165, 1.54) is 18.2 Å². The molecule has 3 rings (SSSR count). The van der Waals surface area contributed by atoms with E-state index < -0.39 is 0 Å². The predicted octanol–water partition coefficient (Wildman–Crippen LogP) is 3.87. The van der Waals surface area contributed by atoms with Crippen LogP contribution in [0.5, 0.6) is 0 Å². The topological polar surface area (TPSA) is 46.4 Å². The van der Waals surface area contributed by atoms with Gasteiger partial charge in [0.2, 0.25) is 5.91 Å². The van der Waals surface area contributed by atoms with Crippen LogP contribution in [0.3, 0.4) is 0 Å². The summed E-state index contributed by atoms with van der Waals surface area (Å²) in [6, 6.07) is 8.50. The Kier molecular flexibility index (Phi) is 4.76. The summed E-state index contributed by atoms with van der Waals surface area (Å²) in [5, 5.41) is 2.75. The molecule has 3 aromatic rings. The van der Waals surface area contributed by atoms with Gasteiger partial charge >= 0.3 is 0 Å². The summed E-state index contributed by atoms with van der Waals surface area (Å²) in [7, 11) is 0. The van der Waals surface area contributed by atoms with Gasteiger partial charge in [-0.2, -0.15) is 0 Å². The monoisotopic (exact) mass is 387 g/mol. The second-order valence-corrected chi connectivity index (χ2v) is 6.29. The molecule has 0 radical (unpaired) electrons. The van der Waals surface area contributed by atoms with Crippen molar-refractivity contribution in [1.29, 1.82) is 0 Å². The zero-order valence-corrected chi connectivity index (χ0v) is 14.5. The van der Waals surface area contributed by atoms with Crippen LogP contribution < -0.4 is 5.32 Å². The molecular weight excluding hydrogens is 373 g/mol. The highest BCUT2D eigenvalue weighted by Crippen LogP contribution is 2.16. The number of fused-ring (bicyclic) bond motifs is 1. The van der Waals surface area contributed by atoms with E-state index in [4.69, 9.17) is 0 Å². The van der Waals surface area contributed by atoms with Gasteiger partial charge in [0.05, 0.1) is 12.2 Å². The van der Waals surface area contributed by atoms with Crippen LogP contribution in [-0.2, 0) is 11.3 Å². The van der Waals surface area contributed by atoms with Crippen LogP contribution in [0.2, 0.25) is 0 Å². The van der Waals surface area contributed by atoms with E-state index in [-0.39, 0.29) is 11.7 Å². The van der Waals surface area contributed by atoms with Crippen molar-refractivity contribution < 1.29 is 9.18 Å². The number of aromatic nitrogens is 2. The number of carbonyl (C=O) groups excluding carboxylic acids is 1. The maximum absolute atomic E-state index is 13.6. The number of aryl methyl sites for hydroxylation is 1. The molecule has 0 saturated heterocycles. The first-order chi connectivity index (χ1) is 11.5. The van der Waals surface area contributed by atoms with Gasteiger partial charge in [0.1, 0.15) is 11.5 Å². The Morgan fingerprint density at radius 3 is 3.04 bits per heavy atom. The molecule has 1 amide bonds. The van der Waals surface area contributed by atoms with Crippen molar-refractivity contribution in [3.63, 3.8) is 0 Å². The molecule has 2 aromatic heterocycles. The minimum atomic E-state index is -0.377. The number of halogens is 2. The summed E-state index contributed by atoms with van der Waals surface area (Å²) >= 11 is 3.28. The largest absolute Gasteiger partial charge is 0.347 e. The first-order valence-electron chi connectivity index (χ1n) is 7.37. The molecule has 122 valence electrons. The molecule has 0 bridgehead atoms. The van der Waals surface area contributed by atoms with E-state index in [1.54, 1.807) is 12.1 Å². The van der Waals surface area contributed by atoms with E-state index in [0.717, 1.165) is 21.4 Å². The molecule has 0 aliphatic rings. The van der Waals surface area contributed by atoms with Gasteiger partial charge in [-0.15, -0.1) is 0 Å². The highest BCUT2D eigenvalue weighted by Gasteiger charge is 2.05. The van der Waals surface area contributed by atoms with Gasteiger partial charge in [0, 0.05) is 28.5 Å². The molecule has 24 heavy (non-hydrogen) atoms. The Morgan fingerprint density at radius 2 is 2.25 bits per heavy atom. The van der Waals surface area contributed by atoms with Crippen LogP contribution in [0.1, 0.15) is 16.8 Å². The van der Waals surface area contributed by atoms with Gasteiger partial charge in [-0.1, -0.05) is 22.0 Å². The Labute approximate surface area is 147 Å². The van der Waals surface area contributed by atoms with Crippen molar-refractivity contribution in [3.05, 3.63) is 75.9 Å². The number of hydrogen-bond acceptors (Lipinski definition) is 2. The number of nitrogens with one attached hydrogen (secondary N) is 1. The summed E-state index contributed by atoms with van der Waals surface area (Å²) in [5.74, 6) is -0.679. The molecular formula is C18H15BrFN3O. The fourth-order valence-electron chi connectivity index (χ4n) is 2.33. The molecule has 0 aliphatic heterocycles. The van der Waals surface area contributed by atoms with Crippen molar-refractivity contribution in [1.82, 2.24) is 14.7 Å². The third-order valence-electron chi connectivity index (χ3n) is 3.54. The van der Waals surface area contributed by atoms with Crippen LogP contribution >= 0.6 is 15.9 Å². The normalized spacial score (nSPS) is 11.3. The second kappa shape index (κ2) is 6.97. The first kappa shape index (κ1) is 16.4. The molecule has 6 heteroatoms. The number of imidazole rings is 1. The molecule has 0 unspecified atom stereocenters. The van der Waals surface area contributed by atoms with Crippen LogP contribution in [0.25, 0.3) is 11.7 Å². The third-order valence-corrected chi connectivity index (χ3v) is 4.04. The van der Waals surface area contributed by atoms with Crippen molar-refractivity contribution in [2.75, 3.05) is 0 Å². The van der Waals surface area contributed by atoms with Crippen LogP contribution in [0.15, 0.2) is 53.3 Å². The van der Waals surface area contributed by atoms with E-state index >= 15 is 0 Å². The molecule has 0 saturated carbocycles. The van der Waals surface area contributed by atoms with E-state index in [0.29, 0.717) is 12.1 Å². The summed E-state index contributed by atoms with van der Waals surface area (Å²) in [5.41, 5.74) is 3.05. The molecule has 0 fully saturated rings. The lowest BCUT2D eigenvalue weighted by atomic mass is 10.2. The first-order valence-corrected chi connectivity index (χ1v) is 8.16. The Morgan fingerprint density at radius 1 is 1.42 bits per heavy atom. The van der Waals surface area contributed by atoms with Gasteiger partial charge < -0.3 is 9.72 Å². The summed E-state index contributed by atoms with van der Waals surface area (Å²) < 4.78 is 16.3. The van der Waals surface area contributed by atoms with Gasteiger partial charge in [0.25, 0.3) is 0 Å². The standard InChI is InChI=1S/C18H15BrFN3O/c1-12-3-2-8-23-11-15(22-18(12)23)10-21-17(24)7-4-13-9-14(19)5-6-16(13)20/h2-9,11H,10H2,1H3,(H,21,24)/b7-4+. The maximum atomic E-state index is 13.6. The number of nitrogens with zero attached hydrogens (tertiary/aromatic N) is 2. The number of carbonyl (C=O) groups is 1. The Hall–Kier alpha value is -2.47. The molecule has 2 heterocycles. The van der Waals surface area contributed by atoms with Crippen LogP contribution in [-0.4, -0.2) is 15.3 Å². The molecule has 4 nitrogen and oxygen atoms in total. The smallest absolute Gasteiger partial charge is 0.244 e. The SMILES string of the molecule is Cc1cccn2cc(CNC(=O)/C=C/c3cc(Br)ccc3F)nc12. The van der Waals surface area contributed by atoms with E-state index in [9.17, 15) is 9.18 Å². The maximum Gasteiger partial charge on any atom is 0.244 e. The molecule has 0 spiro atoms. The van der Waals surface area contributed by atoms with E-state index in [1.807, 2.05) is 35.9 Å². The lowest BCUT2D eigenvalue weighted by Crippen LogP contribution is -2.20. The quantitative estimate of drug-likeness (QED) is 0.690. The molecule has 1 aromatic carbocycles. The number of hydrogen-bond donors (Lipinski definition) is 1. The van der Waals surface area contributed by atoms with Gasteiger partial charge in [0.15, 0.2) is 0 Å². The Bertz CT molecular complexity index is 933. The lowest BCUT2D eigenvalue weighted by molar-refractivity contribution is -0.116. The number of rotatable bonds is 4. The van der Waals surface area contributed by atoms with Gasteiger partial charge in [-0.25, -0.2) is 9.37 Å². The number of benzene rings is 1. The Balaban J connectivity index is 1.65. The minimum absolute atomic E-state index is 0.303. The van der Waals surface area contributed by atoms with Crippen LogP contribution in [0, 0.1) is 12.7 Å². The third kappa shape index (κ3) is 3.71. The number of pyridine rings is 1. The zero-order chi connectivity index (χ0) is 17.1. The van der Waals surface area contributed by atoms with Gasteiger partial charge in [-0.3, -0.25) is 4.79 Å². The fourth-order valence-corrected chi connectivity index (χ4v) is 2.71. The second-order valence-electron chi connectivity index (χ2n) is 5.37. The van der Waals surface area contributed by atoms with Crippen molar-refractivity contribution in [3.8, 4) is 0 Å². The van der Waals surface area contributed by atoms with Crippen molar-refractivity contribution >= 4 is 33.6 Å².